The first-order valence-corrected chi connectivity index (χ1v) is 9.49. The molecule has 1 aromatic carbocycles. The molecule has 1 aliphatic rings. The first-order valence-electron chi connectivity index (χ1n) is 7.88. The molecule has 0 bridgehead atoms. The maximum absolute atomic E-state index is 12.6. The molecular formula is C17H22N2O4S. The Kier molecular flexibility index (Phi) is 4.56. The average Bonchev–Trinajstić information content (AvgIpc) is 3.09. The molecule has 1 unspecified atom stereocenters. The predicted octanol–water partition coefficient (Wildman–Crippen LogP) is 2.26. The summed E-state index contributed by atoms with van der Waals surface area (Å²) < 4.78 is 39.7. The molecule has 0 N–H and O–H groups in total. The van der Waals surface area contributed by atoms with Crippen LogP contribution in [0.15, 0.2) is 36.5 Å². The van der Waals surface area contributed by atoms with Crippen molar-refractivity contribution >= 4 is 10.0 Å². The number of fused-ring (bicyclic) bond motifs is 1. The van der Waals surface area contributed by atoms with E-state index in [1.807, 2.05) is 30.5 Å². The van der Waals surface area contributed by atoms with E-state index in [4.69, 9.17) is 9.47 Å². The fourth-order valence-electron chi connectivity index (χ4n) is 3.19. The molecule has 7 heteroatoms. The van der Waals surface area contributed by atoms with Crippen LogP contribution in [0.3, 0.4) is 0 Å². The van der Waals surface area contributed by atoms with E-state index in [1.165, 1.54) is 0 Å². The lowest BCUT2D eigenvalue weighted by Crippen LogP contribution is -2.43. The summed E-state index contributed by atoms with van der Waals surface area (Å²) in [6.45, 7) is 2.76. The second-order valence-corrected chi connectivity index (χ2v) is 7.86. The van der Waals surface area contributed by atoms with Crippen LogP contribution in [-0.4, -0.2) is 43.8 Å². The van der Waals surface area contributed by atoms with Gasteiger partial charge in [-0.1, -0.05) is 0 Å². The fraction of sp³-hybridized carbons (Fsp3) is 0.412. The molecule has 0 saturated carbocycles. The van der Waals surface area contributed by atoms with Crippen LogP contribution in [0.1, 0.15) is 24.2 Å². The molecule has 2 heterocycles. The summed E-state index contributed by atoms with van der Waals surface area (Å²) in [5.74, 6) is 1.36. The molecule has 24 heavy (non-hydrogen) atoms. The number of sulfonamides is 1. The van der Waals surface area contributed by atoms with Crippen molar-refractivity contribution in [1.29, 1.82) is 0 Å². The highest BCUT2D eigenvalue weighted by Gasteiger charge is 2.37. The Labute approximate surface area is 142 Å². The van der Waals surface area contributed by atoms with Gasteiger partial charge in [-0.25, -0.2) is 8.42 Å². The van der Waals surface area contributed by atoms with E-state index in [0.717, 1.165) is 11.3 Å². The Bertz CT molecular complexity index is 829. The molecule has 0 saturated heterocycles. The Morgan fingerprint density at radius 3 is 2.62 bits per heavy atom. The maximum atomic E-state index is 12.6. The molecule has 1 aliphatic heterocycles. The lowest BCUT2D eigenvalue weighted by atomic mass is 10.0. The van der Waals surface area contributed by atoms with Gasteiger partial charge in [0.1, 0.15) is 11.5 Å². The first kappa shape index (κ1) is 16.9. The monoisotopic (exact) mass is 350 g/mol. The second-order valence-electron chi connectivity index (χ2n) is 5.65. The van der Waals surface area contributed by atoms with Gasteiger partial charge in [0.25, 0.3) is 0 Å². The lowest BCUT2D eigenvalue weighted by molar-refractivity contribution is 0.290. The molecule has 1 atom stereocenters. The molecule has 130 valence electrons. The number of methoxy groups -OCH3 is 2. The van der Waals surface area contributed by atoms with Gasteiger partial charge in [0.2, 0.25) is 10.0 Å². The molecule has 1 aromatic heterocycles. The summed E-state index contributed by atoms with van der Waals surface area (Å²) in [6, 6.07) is 9.00. The van der Waals surface area contributed by atoms with Crippen molar-refractivity contribution in [1.82, 2.24) is 8.87 Å². The summed E-state index contributed by atoms with van der Waals surface area (Å²) in [6.07, 6.45) is 1.98. The minimum Gasteiger partial charge on any atom is -0.497 e. The first-order chi connectivity index (χ1) is 11.5. The minimum absolute atomic E-state index is 0.0721. The lowest BCUT2D eigenvalue weighted by Gasteiger charge is -2.36. The minimum atomic E-state index is -3.35. The van der Waals surface area contributed by atoms with E-state index in [9.17, 15) is 8.42 Å². The van der Waals surface area contributed by atoms with Crippen molar-refractivity contribution in [2.75, 3.05) is 26.5 Å². The Hall–Kier alpha value is -1.99. The summed E-state index contributed by atoms with van der Waals surface area (Å²) >= 11 is 0. The Balaban J connectivity index is 2.18. The summed E-state index contributed by atoms with van der Waals surface area (Å²) in [5.41, 5.74) is 1.76. The highest BCUT2D eigenvalue weighted by molar-refractivity contribution is 7.89. The molecule has 0 amide bonds. The maximum Gasteiger partial charge on any atom is 0.214 e. The predicted molar refractivity (Wildman–Crippen MR) is 92.0 cm³/mol. The molecule has 2 aromatic rings. The number of hydrogen-bond acceptors (Lipinski definition) is 4. The van der Waals surface area contributed by atoms with E-state index in [-0.39, 0.29) is 5.75 Å². The van der Waals surface area contributed by atoms with Gasteiger partial charge in [0, 0.05) is 36.6 Å². The Morgan fingerprint density at radius 1 is 1.17 bits per heavy atom. The van der Waals surface area contributed by atoms with E-state index in [1.54, 1.807) is 31.5 Å². The number of benzene rings is 1. The third kappa shape index (κ3) is 2.78. The van der Waals surface area contributed by atoms with Gasteiger partial charge < -0.3 is 14.0 Å². The fourth-order valence-corrected chi connectivity index (χ4v) is 4.42. The van der Waals surface area contributed by atoms with Gasteiger partial charge >= 0.3 is 0 Å². The van der Waals surface area contributed by atoms with Crippen molar-refractivity contribution in [3.63, 3.8) is 0 Å². The van der Waals surface area contributed by atoms with Gasteiger partial charge in [-0.2, -0.15) is 4.31 Å². The van der Waals surface area contributed by atoms with E-state index >= 15 is 0 Å². The third-order valence-electron chi connectivity index (χ3n) is 4.45. The third-order valence-corrected chi connectivity index (χ3v) is 6.29. The molecule has 6 nitrogen and oxygen atoms in total. The summed E-state index contributed by atoms with van der Waals surface area (Å²) in [5, 5.41) is 0. The Morgan fingerprint density at radius 2 is 1.96 bits per heavy atom. The quantitative estimate of drug-likeness (QED) is 0.830. The zero-order valence-corrected chi connectivity index (χ0v) is 14.9. The van der Waals surface area contributed by atoms with Crippen molar-refractivity contribution in [3.05, 3.63) is 47.8 Å². The van der Waals surface area contributed by atoms with Gasteiger partial charge in [-0.05, 0) is 31.2 Å². The zero-order chi connectivity index (χ0) is 17.3. The highest BCUT2D eigenvalue weighted by atomic mass is 32.2. The van der Waals surface area contributed by atoms with Crippen molar-refractivity contribution < 1.29 is 17.9 Å². The van der Waals surface area contributed by atoms with Crippen LogP contribution >= 0.6 is 0 Å². The van der Waals surface area contributed by atoms with Crippen molar-refractivity contribution in [2.24, 2.45) is 0 Å². The molecule has 0 aliphatic carbocycles. The van der Waals surface area contributed by atoms with Crippen LogP contribution in [0.25, 0.3) is 0 Å². The van der Waals surface area contributed by atoms with E-state index < -0.39 is 16.1 Å². The van der Waals surface area contributed by atoms with Gasteiger partial charge in [0.15, 0.2) is 0 Å². The zero-order valence-electron chi connectivity index (χ0n) is 14.1. The van der Waals surface area contributed by atoms with E-state index in [2.05, 4.69) is 4.57 Å². The largest absolute Gasteiger partial charge is 0.497 e. The van der Waals surface area contributed by atoms with Crippen LogP contribution in [0.4, 0.5) is 0 Å². The van der Waals surface area contributed by atoms with Gasteiger partial charge in [-0.15, -0.1) is 0 Å². The van der Waals surface area contributed by atoms with Crippen molar-refractivity contribution in [2.45, 2.75) is 19.5 Å². The van der Waals surface area contributed by atoms with Crippen LogP contribution in [0.2, 0.25) is 0 Å². The number of ether oxygens (including phenoxy) is 2. The number of rotatable bonds is 5. The molecule has 0 radical (unpaired) electrons. The molecule has 3 rings (SSSR count). The number of nitrogens with zero attached hydrogens (tertiary/aromatic N) is 2. The molecular weight excluding hydrogens is 328 g/mol. The van der Waals surface area contributed by atoms with Gasteiger partial charge in [0.05, 0.1) is 26.0 Å². The van der Waals surface area contributed by atoms with Crippen LogP contribution in [0, 0.1) is 0 Å². The van der Waals surface area contributed by atoms with Crippen LogP contribution < -0.4 is 9.47 Å². The topological polar surface area (TPSA) is 60.8 Å². The van der Waals surface area contributed by atoms with Gasteiger partial charge in [-0.3, -0.25) is 0 Å². The second kappa shape index (κ2) is 6.49. The highest BCUT2D eigenvalue weighted by Crippen LogP contribution is 2.40. The molecule has 0 spiro atoms. The van der Waals surface area contributed by atoms with Crippen molar-refractivity contribution in [3.8, 4) is 11.5 Å². The van der Waals surface area contributed by atoms with Crippen LogP contribution in [-0.2, 0) is 16.6 Å². The number of hydrogen-bond donors (Lipinski definition) is 0. The molecule has 0 fully saturated rings. The summed E-state index contributed by atoms with van der Waals surface area (Å²) in [4.78, 5) is 0. The SMILES string of the molecule is CCS(=O)(=O)N1CCn2cccc2C1c1ccc(OC)cc1OC. The normalized spacial score (nSPS) is 18.2. The smallest absolute Gasteiger partial charge is 0.214 e. The summed E-state index contributed by atoms with van der Waals surface area (Å²) in [7, 11) is -0.173. The average molecular weight is 350 g/mol. The van der Waals surface area contributed by atoms with E-state index in [0.29, 0.717) is 24.6 Å². The standard InChI is InChI=1S/C17H22N2O4S/c1-4-24(20,21)19-11-10-18-9-5-6-15(18)17(19)14-8-7-13(22-2)12-16(14)23-3/h5-9,12,17H,4,10-11H2,1-3H3. The number of aromatic nitrogens is 1. The van der Waals surface area contributed by atoms with Crippen LogP contribution in [0.5, 0.6) is 11.5 Å².